The van der Waals surface area contributed by atoms with E-state index in [0.717, 1.165) is 18.2 Å². The van der Waals surface area contributed by atoms with Gasteiger partial charge in [-0.2, -0.15) is 13.2 Å². The largest absolute Gasteiger partial charge is 0.478 e. The molecule has 0 radical (unpaired) electrons. The van der Waals surface area contributed by atoms with Crippen LogP contribution in [0.3, 0.4) is 0 Å². The van der Waals surface area contributed by atoms with E-state index in [-0.39, 0.29) is 29.0 Å². The average molecular weight is 436 g/mol. The molecule has 1 aliphatic heterocycles. The summed E-state index contributed by atoms with van der Waals surface area (Å²) in [4.78, 5) is 25.5. The first-order valence-electron chi connectivity index (χ1n) is 9.88. The van der Waals surface area contributed by atoms with Gasteiger partial charge >= 0.3 is 18.2 Å². The molecule has 2 fully saturated rings. The third-order valence-electron chi connectivity index (χ3n) is 6.20. The number of fused-ring (bicyclic) bond motifs is 1. The highest BCUT2D eigenvalue weighted by atomic mass is 19.4. The van der Waals surface area contributed by atoms with Crippen LogP contribution in [0.5, 0.6) is 0 Å². The number of hydrogen-bond donors (Lipinski definition) is 2. The van der Waals surface area contributed by atoms with Crippen LogP contribution in [-0.4, -0.2) is 35.1 Å². The summed E-state index contributed by atoms with van der Waals surface area (Å²) in [6, 6.07) is 8.21. The van der Waals surface area contributed by atoms with E-state index in [0.29, 0.717) is 31.5 Å². The van der Waals surface area contributed by atoms with Gasteiger partial charge in [0.05, 0.1) is 16.8 Å². The highest BCUT2D eigenvalue weighted by Crippen LogP contribution is 2.48. The molecule has 2 aliphatic rings. The van der Waals surface area contributed by atoms with Gasteiger partial charge in [-0.15, -0.1) is 0 Å². The number of halogens is 4. The number of benzene rings is 2. The number of aromatic carboxylic acids is 1. The van der Waals surface area contributed by atoms with Gasteiger partial charge in [-0.1, -0.05) is 18.2 Å². The van der Waals surface area contributed by atoms with Gasteiger partial charge in [-0.25, -0.2) is 14.0 Å². The Hall–Kier alpha value is -3.10. The summed E-state index contributed by atoms with van der Waals surface area (Å²) in [6.07, 6.45) is -3.30. The summed E-state index contributed by atoms with van der Waals surface area (Å²) in [7, 11) is 0. The van der Waals surface area contributed by atoms with Crippen molar-refractivity contribution in [1.82, 2.24) is 4.90 Å². The van der Waals surface area contributed by atoms with Crippen LogP contribution in [-0.2, 0) is 6.18 Å². The SMILES string of the molecule is O=C(O)c1cc(F)ccc1NC(=O)N1CC2CC(c3ccccc3C(F)(F)F)CC2C1. The van der Waals surface area contributed by atoms with E-state index in [4.69, 9.17) is 0 Å². The van der Waals surface area contributed by atoms with Gasteiger partial charge in [0.1, 0.15) is 5.82 Å². The van der Waals surface area contributed by atoms with E-state index < -0.39 is 29.6 Å². The molecular weight excluding hydrogens is 416 g/mol. The smallest absolute Gasteiger partial charge is 0.416 e. The van der Waals surface area contributed by atoms with Gasteiger partial charge in [0.2, 0.25) is 0 Å². The van der Waals surface area contributed by atoms with Crippen molar-refractivity contribution in [2.45, 2.75) is 24.9 Å². The number of nitrogens with one attached hydrogen (secondary N) is 1. The first-order chi connectivity index (χ1) is 14.6. The van der Waals surface area contributed by atoms with Crippen molar-refractivity contribution < 1.29 is 32.3 Å². The summed E-state index contributed by atoms with van der Waals surface area (Å²) in [5.74, 6) is -2.15. The maximum Gasteiger partial charge on any atom is 0.416 e. The Morgan fingerprint density at radius 2 is 1.68 bits per heavy atom. The molecule has 1 heterocycles. The fourth-order valence-electron chi connectivity index (χ4n) is 4.83. The number of urea groups is 1. The van der Waals surface area contributed by atoms with Gasteiger partial charge in [0, 0.05) is 13.1 Å². The monoisotopic (exact) mass is 436 g/mol. The van der Waals surface area contributed by atoms with Crippen LogP contribution in [0.1, 0.15) is 40.2 Å². The van der Waals surface area contributed by atoms with E-state index in [2.05, 4.69) is 5.32 Å². The molecule has 2 N–H and O–H groups in total. The fraction of sp³-hybridized carbons (Fsp3) is 0.364. The quantitative estimate of drug-likeness (QED) is 0.650. The Morgan fingerprint density at radius 1 is 1.03 bits per heavy atom. The lowest BCUT2D eigenvalue weighted by Crippen LogP contribution is -2.34. The zero-order chi connectivity index (χ0) is 22.3. The number of carbonyl (C=O) groups is 2. The molecule has 1 saturated carbocycles. The summed E-state index contributed by atoms with van der Waals surface area (Å²) >= 11 is 0. The molecule has 2 unspecified atom stereocenters. The number of carbonyl (C=O) groups excluding carboxylic acids is 1. The lowest BCUT2D eigenvalue weighted by Gasteiger charge is -2.22. The Labute approximate surface area is 175 Å². The van der Waals surface area contributed by atoms with Crippen molar-refractivity contribution in [3.05, 3.63) is 65.0 Å². The zero-order valence-electron chi connectivity index (χ0n) is 16.3. The Kier molecular flexibility index (Phi) is 5.36. The fourth-order valence-corrected chi connectivity index (χ4v) is 4.83. The van der Waals surface area contributed by atoms with E-state index in [1.807, 2.05) is 0 Å². The molecule has 2 aromatic rings. The number of amides is 2. The molecule has 2 atom stereocenters. The summed E-state index contributed by atoms with van der Waals surface area (Å²) in [5.41, 5.74) is -0.658. The second kappa shape index (κ2) is 7.86. The van der Waals surface area contributed by atoms with Crippen molar-refractivity contribution in [1.29, 1.82) is 0 Å². The number of anilines is 1. The van der Waals surface area contributed by atoms with Crippen LogP contribution in [0.4, 0.5) is 28.0 Å². The molecule has 31 heavy (non-hydrogen) atoms. The maximum atomic E-state index is 13.4. The molecule has 9 heteroatoms. The van der Waals surface area contributed by atoms with Crippen molar-refractivity contribution >= 4 is 17.7 Å². The van der Waals surface area contributed by atoms with Crippen LogP contribution in [0, 0.1) is 17.7 Å². The van der Waals surface area contributed by atoms with Crippen molar-refractivity contribution in [2.24, 2.45) is 11.8 Å². The maximum absolute atomic E-state index is 13.4. The molecule has 0 bridgehead atoms. The number of nitrogens with zero attached hydrogens (tertiary/aromatic N) is 1. The van der Waals surface area contributed by atoms with E-state index in [9.17, 15) is 32.3 Å². The molecule has 0 spiro atoms. The highest BCUT2D eigenvalue weighted by Gasteiger charge is 2.45. The van der Waals surface area contributed by atoms with Gasteiger partial charge < -0.3 is 15.3 Å². The first kappa shape index (κ1) is 21.1. The minimum absolute atomic E-state index is 0.00654. The third kappa shape index (κ3) is 4.22. The summed E-state index contributed by atoms with van der Waals surface area (Å²) in [5, 5.41) is 11.7. The second-order valence-corrected chi connectivity index (χ2v) is 8.10. The molecule has 2 amide bonds. The van der Waals surface area contributed by atoms with Crippen LogP contribution in [0.25, 0.3) is 0 Å². The number of rotatable bonds is 3. The van der Waals surface area contributed by atoms with Crippen LogP contribution < -0.4 is 5.32 Å². The van der Waals surface area contributed by atoms with Crippen molar-refractivity contribution in [3.63, 3.8) is 0 Å². The van der Waals surface area contributed by atoms with Gasteiger partial charge in [0.15, 0.2) is 0 Å². The van der Waals surface area contributed by atoms with Crippen molar-refractivity contribution in [2.75, 3.05) is 18.4 Å². The Morgan fingerprint density at radius 3 is 2.29 bits per heavy atom. The van der Waals surface area contributed by atoms with Gasteiger partial charge in [-0.05, 0) is 60.4 Å². The number of carboxylic acid groups (broad SMARTS) is 1. The predicted octanol–water partition coefficient (Wildman–Crippen LogP) is 5.20. The summed E-state index contributed by atoms with van der Waals surface area (Å²) in [6.45, 7) is 0.759. The number of carboxylic acids is 1. The normalized spacial score (nSPS) is 23.0. The molecule has 2 aromatic carbocycles. The summed E-state index contributed by atoms with van der Waals surface area (Å²) < 4.78 is 53.4. The molecule has 1 aliphatic carbocycles. The van der Waals surface area contributed by atoms with E-state index in [1.54, 1.807) is 6.07 Å². The Balaban J connectivity index is 1.43. The topological polar surface area (TPSA) is 69.6 Å². The van der Waals surface area contributed by atoms with E-state index >= 15 is 0 Å². The van der Waals surface area contributed by atoms with Gasteiger partial charge in [-0.3, -0.25) is 0 Å². The molecule has 0 aromatic heterocycles. The molecule has 5 nitrogen and oxygen atoms in total. The predicted molar refractivity (Wildman–Crippen MR) is 104 cm³/mol. The van der Waals surface area contributed by atoms with Crippen LogP contribution >= 0.6 is 0 Å². The minimum Gasteiger partial charge on any atom is -0.478 e. The first-order valence-corrected chi connectivity index (χ1v) is 9.88. The third-order valence-corrected chi connectivity index (χ3v) is 6.20. The van der Waals surface area contributed by atoms with Crippen molar-refractivity contribution in [3.8, 4) is 0 Å². The zero-order valence-corrected chi connectivity index (χ0v) is 16.3. The van der Waals surface area contributed by atoms with Crippen LogP contribution in [0.2, 0.25) is 0 Å². The molecule has 1 saturated heterocycles. The molecular formula is C22H20F4N2O3. The molecule has 164 valence electrons. The lowest BCUT2D eigenvalue weighted by molar-refractivity contribution is -0.138. The number of likely N-dealkylation sites (tertiary alicyclic amines) is 1. The minimum atomic E-state index is -4.41. The van der Waals surface area contributed by atoms with Gasteiger partial charge in [0.25, 0.3) is 0 Å². The van der Waals surface area contributed by atoms with E-state index in [1.165, 1.54) is 23.1 Å². The van der Waals surface area contributed by atoms with Crippen LogP contribution in [0.15, 0.2) is 42.5 Å². The molecule has 4 rings (SSSR count). The lowest BCUT2D eigenvalue weighted by atomic mass is 9.91. The standard InChI is InChI=1S/C22H20F4N2O3/c23-15-5-6-19(17(9-15)20(29)30)27-21(31)28-10-13-7-12(8-14(13)11-28)16-3-1-2-4-18(16)22(24,25)26/h1-6,9,12-14H,7-8,10-11H2,(H,27,31)(H,29,30). The second-order valence-electron chi connectivity index (χ2n) is 8.10. The number of alkyl halides is 3. The number of hydrogen-bond acceptors (Lipinski definition) is 2. The Bertz CT molecular complexity index is 1010. The highest BCUT2D eigenvalue weighted by molar-refractivity contribution is 6.00. The average Bonchev–Trinajstić information content (AvgIpc) is 3.28.